The number of H-pyrrole nitrogens is 1. The van der Waals surface area contributed by atoms with Gasteiger partial charge in [0.15, 0.2) is 0 Å². The number of hydrogen-bond donors (Lipinski definition) is 2. The molecule has 6 rings (SSSR count). The fraction of sp³-hybridized carbons (Fsp3) is 0.583. The molecule has 3 saturated heterocycles. The van der Waals surface area contributed by atoms with E-state index in [1.807, 2.05) is 11.0 Å². The second-order valence-electron chi connectivity index (χ2n) is 10.1. The average molecular weight is 518 g/mol. The van der Waals surface area contributed by atoms with Crippen LogP contribution in [-0.2, 0) is 0 Å². The number of anilines is 2. The van der Waals surface area contributed by atoms with Crippen LogP contribution in [0.1, 0.15) is 52.4 Å². The van der Waals surface area contributed by atoms with E-state index in [1.54, 1.807) is 6.92 Å². The molecule has 3 atom stereocenters. The Balaban J connectivity index is 1.16. The predicted octanol–water partition coefficient (Wildman–Crippen LogP) is 3.12. The molecule has 0 radical (unpaired) electrons. The molecule has 35 heavy (non-hydrogen) atoms. The minimum atomic E-state index is -0.229. The third-order valence-corrected chi connectivity index (χ3v) is 8.75. The lowest BCUT2D eigenvalue weighted by molar-refractivity contribution is 0.0786. The van der Waals surface area contributed by atoms with Crippen LogP contribution in [0.15, 0.2) is 6.07 Å². The summed E-state index contributed by atoms with van der Waals surface area (Å²) < 4.78 is 0. The highest BCUT2D eigenvalue weighted by atomic mass is 35.5. The molecule has 9 nitrogen and oxygen atoms in total. The SMILES string of the molecule is Cc1[nH]c(C(=O)NC2[C@H]3CN(c4cc(C(=O)N5CCCC5)nc(N5CCCC5)n4)C[C@@H]23)c(Cl)c1Cl. The van der Waals surface area contributed by atoms with Gasteiger partial charge in [-0.25, -0.2) is 4.98 Å². The van der Waals surface area contributed by atoms with Crippen molar-refractivity contribution >= 4 is 46.8 Å². The quantitative estimate of drug-likeness (QED) is 0.632. The van der Waals surface area contributed by atoms with Gasteiger partial charge in [-0.3, -0.25) is 9.59 Å². The van der Waals surface area contributed by atoms with E-state index in [2.05, 4.69) is 25.1 Å². The van der Waals surface area contributed by atoms with E-state index in [0.717, 1.165) is 70.8 Å². The van der Waals surface area contributed by atoms with Gasteiger partial charge in [-0.15, -0.1) is 0 Å². The highest BCUT2D eigenvalue weighted by Crippen LogP contribution is 2.47. The normalized spacial score (nSPS) is 25.3. The molecule has 2 aromatic rings. The smallest absolute Gasteiger partial charge is 0.272 e. The van der Waals surface area contributed by atoms with Crippen LogP contribution in [0.2, 0.25) is 10.0 Å². The van der Waals surface area contributed by atoms with Crippen molar-refractivity contribution < 1.29 is 9.59 Å². The molecule has 1 aliphatic carbocycles. The van der Waals surface area contributed by atoms with Gasteiger partial charge in [0, 0.05) is 68.9 Å². The molecule has 2 aromatic heterocycles. The lowest BCUT2D eigenvalue weighted by Gasteiger charge is -2.25. The molecule has 3 aliphatic heterocycles. The molecule has 2 N–H and O–H groups in total. The summed E-state index contributed by atoms with van der Waals surface area (Å²) >= 11 is 12.3. The van der Waals surface area contributed by atoms with Crippen LogP contribution < -0.4 is 15.1 Å². The summed E-state index contributed by atoms with van der Waals surface area (Å²) in [7, 11) is 0. The first-order chi connectivity index (χ1) is 16.9. The molecule has 4 fully saturated rings. The number of rotatable bonds is 5. The number of nitrogens with zero attached hydrogens (tertiary/aromatic N) is 5. The zero-order valence-corrected chi connectivity index (χ0v) is 21.2. The maximum atomic E-state index is 13.1. The van der Waals surface area contributed by atoms with E-state index < -0.39 is 0 Å². The second kappa shape index (κ2) is 8.85. The topological polar surface area (TPSA) is 97.5 Å². The zero-order chi connectivity index (χ0) is 24.3. The fourth-order valence-electron chi connectivity index (χ4n) is 5.71. The summed E-state index contributed by atoms with van der Waals surface area (Å²) in [6.45, 7) is 6.78. The molecule has 0 spiro atoms. The van der Waals surface area contributed by atoms with Crippen LogP contribution in [0, 0.1) is 18.8 Å². The van der Waals surface area contributed by atoms with E-state index in [9.17, 15) is 9.59 Å². The molecule has 0 aromatic carbocycles. The molecule has 186 valence electrons. The molecular formula is C24H29Cl2N7O2. The van der Waals surface area contributed by atoms with E-state index in [4.69, 9.17) is 28.2 Å². The van der Waals surface area contributed by atoms with Gasteiger partial charge in [-0.2, -0.15) is 4.98 Å². The van der Waals surface area contributed by atoms with E-state index in [-0.39, 0.29) is 22.9 Å². The standard InChI is InChI=1S/C24H29Cl2N7O2/c1-13-18(25)19(26)21(27-13)22(34)30-20-14-11-33(12-15(14)20)17-10-16(23(35)31-6-2-3-7-31)28-24(29-17)32-8-4-5-9-32/h10,14-15,20,27H,2-9,11-12H2,1H3,(H,30,34)/t14-,15+,20?. The molecule has 1 saturated carbocycles. The average Bonchev–Trinajstić information content (AvgIpc) is 3.50. The molecule has 2 amide bonds. The van der Waals surface area contributed by atoms with Crippen LogP contribution in [0.3, 0.4) is 0 Å². The van der Waals surface area contributed by atoms with Gasteiger partial charge in [0.2, 0.25) is 5.95 Å². The van der Waals surface area contributed by atoms with Crippen LogP contribution in [-0.4, -0.2) is 77.0 Å². The largest absolute Gasteiger partial charge is 0.356 e. The van der Waals surface area contributed by atoms with Gasteiger partial charge in [0.1, 0.15) is 17.2 Å². The Morgan fingerprint density at radius 1 is 0.971 bits per heavy atom. The summed E-state index contributed by atoms with van der Waals surface area (Å²) in [5, 5.41) is 3.76. The van der Waals surface area contributed by atoms with Gasteiger partial charge in [0.25, 0.3) is 11.8 Å². The Hall–Kier alpha value is -2.52. The fourth-order valence-corrected chi connectivity index (χ4v) is 6.13. The van der Waals surface area contributed by atoms with Crippen LogP contribution in [0.4, 0.5) is 11.8 Å². The summed E-state index contributed by atoms with van der Waals surface area (Å²) in [6, 6.07) is 1.95. The Morgan fingerprint density at radius 3 is 2.26 bits per heavy atom. The first-order valence-corrected chi connectivity index (χ1v) is 13.2. The van der Waals surface area contributed by atoms with Crippen LogP contribution in [0.25, 0.3) is 0 Å². The highest BCUT2D eigenvalue weighted by molar-refractivity contribution is 6.44. The van der Waals surface area contributed by atoms with Gasteiger partial charge < -0.3 is 25.0 Å². The Bertz CT molecular complexity index is 1160. The number of aryl methyl sites for hydroxylation is 1. The number of aromatic nitrogens is 3. The first-order valence-electron chi connectivity index (χ1n) is 12.4. The number of carbonyl (C=O) groups is 2. The van der Waals surface area contributed by atoms with Crippen molar-refractivity contribution in [1.29, 1.82) is 0 Å². The summed E-state index contributed by atoms with van der Waals surface area (Å²) in [5.41, 5.74) is 1.48. The van der Waals surface area contributed by atoms with Crippen LogP contribution >= 0.6 is 23.2 Å². The van der Waals surface area contributed by atoms with Crippen molar-refractivity contribution in [2.24, 2.45) is 11.8 Å². The molecule has 5 heterocycles. The third-order valence-electron chi connectivity index (χ3n) is 7.80. The van der Waals surface area contributed by atoms with Crippen LogP contribution in [0.5, 0.6) is 0 Å². The number of hydrogen-bond acceptors (Lipinski definition) is 6. The maximum absolute atomic E-state index is 13.1. The zero-order valence-electron chi connectivity index (χ0n) is 19.7. The number of fused-ring (bicyclic) bond motifs is 1. The molecule has 4 aliphatic rings. The highest BCUT2D eigenvalue weighted by Gasteiger charge is 2.57. The number of halogens is 2. The summed E-state index contributed by atoms with van der Waals surface area (Å²) in [4.78, 5) is 44.7. The van der Waals surface area contributed by atoms with E-state index >= 15 is 0 Å². The predicted molar refractivity (Wildman–Crippen MR) is 135 cm³/mol. The number of piperidine rings is 1. The minimum absolute atomic E-state index is 0.00197. The lowest BCUT2D eigenvalue weighted by Crippen LogP contribution is -2.36. The maximum Gasteiger partial charge on any atom is 0.272 e. The second-order valence-corrected chi connectivity index (χ2v) is 10.8. The molecule has 11 heteroatoms. The number of amides is 2. The van der Waals surface area contributed by atoms with E-state index in [0.29, 0.717) is 39.9 Å². The van der Waals surface area contributed by atoms with Crippen molar-refractivity contribution in [2.45, 2.75) is 38.6 Å². The molecule has 1 unspecified atom stereocenters. The molecule has 0 bridgehead atoms. The third kappa shape index (κ3) is 4.12. The van der Waals surface area contributed by atoms with Crippen molar-refractivity contribution in [1.82, 2.24) is 25.2 Å². The number of nitrogens with one attached hydrogen (secondary N) is 2. The summed E-state index contributed by atoms with van der Waals surface area (Å²) in [6.07, 6.45) is 4.33. The van der Waals surface area contributed by atoms with Gasteiger partial charge >= 0.3 is 0 Å². The number of aromatic amines is 1. The van der Waals surface area contributed by atoms with Gasteiger partial charge in [-0.1, -0.05) is 23.2 Å². The van der Waals surface area contributed by atoms with Crippen molar-refractivity contribution in [3.8, 4) is 0 Å². The molecular weight excluding hydrogens is 489 g/mol. The monoisotopic (exact) mass is 517 g/mol. The van der Waals surface area contributed by atoms with Crippen molar-refractivity contribution in [2.75, 3.05) is 49.1 Å². The number of carbonyl (C=O) groups excluding carboxylic acids is 2. The first kappa shape index (κ1) is 22.9. The lowest BCUT2D eigenvalue weighted by atomic mass is 10.3. The number of likely N-dealkylation sites (tertiary alicyclic amines) is 1. The summed E-state index contributed by atoms with van der Waals surface area (Å²) in [5.74, 6) is 1.91. The Kier molecular flexibility index (Phi) is 5.79. The van der Waals surface area contributed by atoms with E-state index in [1.165, 1.54) is 0 Å². The van der Waals surface area contributed by atoms with Gasteiger partial charge in [0.05, 0.1) is 10.0 Å². The Labute approximate surface area is 214 Å². The Morgan fingerprint density at radius 2 is 1.63 bits per heavy atom. The van der Waals surface area contributed by atoms with Crippen molar-refractivity contribution in [3.05, 3.63) is 33.2 Å². The van der Waals surface area contributed by atoms with Gasteiger partial charge in [-0.05, 0) is 32.6 Å². The van der Waals surface area contributed by atoms with Crippen molar-refractivity contribution in [3.63, 3.8) is 0 Å². The minimum Gasteiger partial charge on any atom is -0.356 e.